The van der Waals surface area contributed by atoms with Crippen molar-refractivity contribution in [1.29, 1.82) is 5.26 Å². The van der Waals surface area contributed by atoms with Crippen LogP contribution in [0.25, 0.3) is 0 Å². The first-order valence-corrected chi connectivity index (χ1v) is 12.0. The standard InChI is InChI=1S/C27H28F3N5O/c28-27(29,30)24-5-1-3-22(13-24)16-34-12-2-4-23(18-34)26(36)33-11-10-25-15-32-19-35(25)17-21-8-6-20(14-31)7-9-21/h1,3,5-9,13,15,19,23H,2,4,10-12,16-18H2,(H,33,36)/t23-/m0/s1. The number of likely N-dealkylation sites (tertiary alicyclic amines) is 1. The van der Waals surface area contributed by atoms with Crippen LogP contribution in [0.15, 0.2) is 61.1 Å². The van der Waals surface area contributed by atoms with E-state index in [4.69, 9.17) is 5.26 Å². The van der Waals surface area contributed by atoms with Crippen molar-refractivity contribution in [3.05, 3.63) is 89.0 Å². The van der Waals surface area contributed by atoms with E-state index in [2.05, 4.69) is 21.3 Å². The second-order valence-corrected chi connectivity index (χ2v) is 9.14. The third-order valence-corrected chi connectivity index (χ3v) is 6.45. The van der Waals surface area contributed by atoms with Gasteiger partial charge in [0.25, 0.3) is 0 Å². The fraction of sp³-hybridized carbons (Fsp3) is 0.370. The topological polar surface area (TPSA) is 74.0 Å². The van der Waals surface area contributed by atoms with E-state index in [0.717, 1.165) is 36.7 Å². The molecule has 1 N–H and O–H groups in total. The van der Waals surface area contributed by atoms with E-state index in [9.17, 15) is 18.0 Å². The molecular formula is C27H28F3N5O. The number of amides is 1. The number of carbonyl (C=O) groups excluding carboxylic acids is 1. The molecule has 188 valence electrons. The minimum atomic E-state index is -4.36. The molecular weight excluding hydrogens is 467 g/mol. The quantitative estimate of drug-likeness (QED) is 0.503. The molecule has 1 aliphatic rings. The lowest BCUT2D eigenvalue weighted by molar-refractivity contribution is -0.137. The van der Waals surface area contributed by atoms with Gasteiger partial charge in [-0.15, -0.1) is 0 Å². The van der Waals surface area contributed by atoms with Gasteiger partial charge in [-0.3, -0.25) is 9.69 Å². The Kier molecular flexibility index (Phi) is 8.06. The molecule has 0 radical (unpaired) electrons. The van der Waals surface area contributed by atoms with Crippen LogP contribution in [0.4, 0.5) is 13.2 Å². The molecule has 0 bridgehead atoms. The molecule has 2 heterocycles. The predicted molar refractivity (Wildman–Crippen MR) is 129 cm³/mol. The smallest absolute Gasteiger partial charge is 0.355 e. The molecule has 3 aromatic rings. The summed E-state index contributed by atoms with van der Waals surface area (Å²) < 4.78 is 41.1. The second-order valence-electron chi connectivity index (χ2n) is 9.14. The lowest BCUT2D eigenvalue weighted by Crippen LogP contribution is -2.43. The third-order valence-electron chi connectivity index (χ3n) is 6.45. The number of nitrogens with zero attached hydrogens (tertiary/aromatic N) is 4. The van der Waals surface area contributed by atoms with Gasteiger partial charge in [0, 0.05) is 44.5 Å². The molecule has 1 aliphatic heterocycles. The van der Waals surface area contributed by atoms with Gasteiger partial charge < -0.3 is 9.88 Å². The monoisotopic (exact) mass is 495 g/mol. The van der Waals surface area contributed by atoms with Gasteiger partial charge in [-0.25, -0.2) is 4.98 Å². The van der Waals surface area contributed by atoms with E-state index in [1.54, 1.807) is 30.7 Å². The largest absolute Gasteiger partial charge is 0.416 e. The van der Waals surface area contributed by atoms with Crippen molar-refractivity contribution in [2.45, 2.75) is 38.5 Å². The first kappa shape index (κ1) is 25.5. The number of hydrogen-bond donors (Lipinski definition) is 1. The van der Waals surface area contributed by atoms with E-state index >= 15 is 0 Å². The molecule has 4 rings (SSSR count). The molecule has 6 nitrogen and oxygen atoms in total. The molecule has 1 amide bonds. The molecule has 1 aromatic heterocycles. The number of hydrogen-bond acceptors (Lipinski definition) is 4. The number of halogens is 3. The number of aromatic nitrogens is 2. The summed E-state index contributed by atoms with van der Waals surface area (Å²) in [4.78, 5) is 19.1. The Morgan fingerprint density at radius 2 is 1.94 bits per heavy atom. The van der Waals surface area contributed by atoms with Crippen molar-refractivity contribution in [3.8, 4) is 6.07 Å². The van der Waals surface area contributed by atoms with Crippen LogP contribution in [0.2, 0.25) is 0 Å². The maximum atomic E-state index is 13.0. The molecule has 1 atom stereocenters. The summed E-state index contributed by atoms with van der Waals surface area (Å²) in [5.74, 6) is -0.213. The van der Waals surface area contributed by atoms with Crippen LogP contribution in [0, 0.1) is 17.2 Å². The average Bonchev–Trinajstić information content (AvgIpc) is 3.31. The number of imidazole rings is 1. The molecule has 2 aromatic carbocycles. The van der Waals surface area contributed by atoms with Gasteiger partial charge in [0.1, 0.15) is 0 Å². The summed E-state index contributed by atoms with van der Waals surface area (Å²) in [7, 11) is 0. The van der Waals surface area contributed by atoms with Crippen molar-refractivity contribution in [1.82, 2.24) is 19.8 Å². The van der Waals surface area contributed by atoms with Gasteiger partial charge in [0.2, 0.25) is 5.91 Å². The number of benzene rings is 2. The zero-order valence-corrected chi connectivity index (χ0v) is 19.8. The van der Waals surface area contributed by atoms with Crippen molar-refractivity contribution < 1.29 is 18.0 Å². The van der Waals surface area contributed by atoms with Gasteiger partial charge in [-0.1, -0.05) is 30.3 Å². The molecule has 0 saturated carbocycles. The second kappa shape index (κ2) is 11.4. The Morgan fingerprint density at radius 3 is 2.69 bits per heavy atom. The summed E-state index contributed by atoms with van der Waals surface area (Å²) in [5.41, 5.74) is 2.62. The number of rotatable bonds is 8. The normalized spacial score (nSPS) is 16.4. The van der Waals surface area contributed by atoms with E-state index in [-0.39, 0.29) is 11.8 Å². The first-order chi connectivity index (χ1) is 17.3. The minimum absolute atomic E-state index is 0.0260. The fourth-order valence-electron chi connectivity index (χ4n) is 4.56. The van der Waals surface area contributed by atoms with Crippen LogP contribution in [-0.2, 0) is 30.5 Å². The maximum Gasteiger partial charge on any atom is 0.416 e. The Bertz CT molecular complexity index is 1210. The highest BCUT2D eigenvalue weighted by Crippen LogP contribution is 2.30. The number of carbonyl (C=O) groups is 1. The highest BCUT2D eigenvalue weighted by atomic mass is 19.4. The SMILES string of the molecule is N#Cc1ccc(Cn2cncc2CCNC(=O)[C@H]2CCCN(Cc3cccc(C(F)(F)F)c3)C2)cc1. The molecule has 1 fully saturated rings. The van der Waals surface area contributed by atoms with Crippen molar-refractivity contribution in [3.63, 3.8) is 0 Å². The van der Waals surface area contributed by atoms with Gasteiger partial charge in [0.05, 0.1) is 29.4 Å². The van der Waals surface area contributed by atoms with Gasteiger partial charge in [-0.2, -0.15) is 18.4 Å². The molecule has 9 heteroatoms. The van der Waals surface area contributed by atoms with Gasteiger partial charge in [-0.05, 0) is 48.7 Å². The summed E-state index contributed by atoms with van der Waals surface area (Å²) in [6.45, 7) is 2.78. The van der Waals surface area contributed by atoms with Crippen molar-refractivity contribution in [2.75, 3.05) is 19.6 Å². The zero-order chi connectivity index (χ0) is 25.5. The molecule has 36 heavy (non-hydrogen) atoms. The average molecular weight is 496 g/mol. The summed E-state index contributed by atoms with van der Waals surface area (Å²) in [6, 6.07) is 14.9. The Labute approximate surface area is 208 Å². The number of piperidine rings is 1. The van der Waals surface area contributed by atoms with E-state index in [0.29, 0.717) is 43.7 Å². The van der Waals surface area contributed by atoms with Crippen LogP contribution in [-0.4, -0.2) is 40.0 Å². The summed E-state index contributed by atoms with van der Waals surface area (Å²) in [5, 5.41) is 12.0. The predicted octanol–water partition coefficient (Wildman–Crippen LogP) is 4.39. The van der Waals surface area contributed by atoms with Crippen molar-refractivity contribution in [2.24, 2.45) is 5.92 Å². The third kappa shape index (κ3) is 6.73. The molecule has 0 aliphatic carbocycles. The maximum absolute atomic E-state index is 13.0. The van der Waals surface area contributed by atoms with Crippen LogP contribution in [0.1, 0.15) is 40.8 Å². The van der Waals surface area contributed by atoms with E-state index < -0.39 is 11.7 Å². The number of nitriles is 1. The Balaban J connectivity index is 1.26. The van der Waals surface area contributed by atoms with Crippen LogP contribution in [0.5, 0.6) is 0 Å². The Morgan fingerprint density at radius 1 is 1.14 bits per heavy atom. The fourth-order valence-corrected chi connectivity index (χ4v) is 4.56. The number of alkyl halides is 3. The highest BCUT2D eigenvalue weighted by molar-refractivity contribution is 5.78. The molecule has 1 saturated heterocycles. The van der Waals surface area contributed by atoms with Gasteiger partial charge in [0.15, 0.2) is 0 Å². The van der Waals surface area contributed by atoms with Crippen LogP contribution >= 0.6 is 0 Å². The molecule has 0 unspecified atom stereocenters. The van der Waals surface area contributed by atoms with Crippen LogP contribution in [0.3, 0.4) is 0 Å². The zero-order valence-electron chi connectivity index (χ0n) is 19.8. The van der Waals surface area contributed by atoms with Crippen LogP contribution < -0.4 is 5.32 Å². The minimum Gasteiger partial charge on any atom is -0.355 e. The van der Waals surface area contributed by atoms with E-state index in [1.807, 2.05) is 16.7 Å². The first-order valence-electron chi connectivity index (χ1n) is 12.0. The highest BCUT2D eigenvalue weighted by Gasteiger charge is 2.31. The summed E-state index contributed by atoms with van der Waals surface area (Å²) >= 11 is 0. The van der Waals surface area contributed by atoms with Gasteiger partial charge >= 0.3 is 6.18 Å². The summed E-state index contributed by atoms with van der Waals surface area (Å²) in [6.07, 6.45) is 1.39. The lowest BCUT2D eigenvalue weighted by Gasteiger charge is -2.32. The van der Waals surface area contributed by atoms with Crippen molar-refractivity contribution >= 4 is 5.91 Å². The number of nitrogens with one attached hydrogen (secondary N) is 1. The molecule has 0 spiro atoms. The Hall–Kier alpha value is -3.64. The lowest BCUT2D eigenvalue weighted by atomic mass is 9.96. The van der Waals surface area contributed by atoms with E-state index in [1.165, 1.54) is 12.1 Å².